The van der Waals surface area contributed by atoms with Crippen molar-refractivity contribution in [3.8, 4) is 0 Å². The molecule has 0 rings (SSSR count). The molecule has 0 aliphatic heterocycles. The zero-order chi connectivity index (χ0) is 15.8. The maximum Gasteiger partial charge on any atom is 0.303 e. The van der Waals surface area contributed by atoms with E-state index >= 15 is 0 Å². The number of hydrogen-bond donors (Lipinski definition) is 2. The maximum atomic E-state index is 10.3. The minimum absolute atomic E-state index is 0.172. The Morgan fingerprint density at radius 1 is 0.952 bits per heavy atom. The second kappa shape index (κ2) is 15.6. The van der Waals surface area contributed by atoms with Crippen molar-refractivity contribution in [2.45, 2.75) is 96.5 Å². The van der Waals surface area contributed by atoms with Crippen LogP contribution in [0.25, 0.3) is 0 Å². The summed E-state index contributed by atoms with van der Waals surface area (Å²) in [5.41, 5.74) is 0. The van der Waals surface area contributed by atoms with Crippen molar-refractivity contribution in [1.29, 1.82) is 0 Å². The highest BCUT2D eigenvalue weighted by molar-refractivity contribution is 5.66. The third-order valence-corrected chi connectivity index (χ3v) is 3.73. The largest absolute Gasteiger partial charge is 0.481 e. The number of carboxylic acid groups (broad SMARTS) is 1. The van der Waals surface area contributed by atoms with Crippen LogP contribution in [0.1, 0.15) is 90.4 Å². The fraction of sp³-hybridized carbons (Fsp3) is 0.833. The molecule has 0 spiro atoms. The lowest BCUT2D eigenvalue weighted by atomic mass is 10.1. The summed E-state index contributed by atoms with van der Waals surface area (Å²) >= 11 is 0. The number of rotatable bonds is 15. The summed E-state index contributed by atoms with van der Waals surface area (Å²) in [5.74, 6) is -0.689. The summed E-state index contributed by atoms with van der Waals surface area (Å²) in [6.45, 7) is 2.20. The van der Waals surface area contributed by atoms with Crippen LogP contribution >= 0.6 is 0 Å². The van der Waals surface area contributed by atoms with Crippen molar-refractivity contribution >= 4 is 5.97 Å². The van der Waals surface area contributed by atoms with Gasteiger partial charge in [-0.25, -0.2) is 0 Å². The maximum absolute atomic E-state index is 10.3. The quantitative estimate of drug-likeness (QED) is 0.327. The first-order valence-corrected chi connectivity index (χ1v) is 8.71. The second-order valence-corrected chi connectivity index (χ2v) is 5.91. The molecule has 3 nitrogen and oxygen atoms in total. The lowest BCUT2D eigenvalue weighted by molar-refractivity contribution is -0.137. The van der Waals surface area contributed by atoms with E-state index in [1.54, 1.807) is 0 Å². The monoisotopic (exact) mass is 298 g/mol. The van der Waals surface area contributed by atoms with E-state index < -0.39 is 5.97 Å². The van der Waals surface area contributed by atoms with Gasteiger partial charge in [-0.3, -0.25) is 4.79 Å². The topological polar surface area (TPSA) is 57.5 Å². The number of hydrogen-bond acceptors (Lipinski definition) is 2. The summed E-state index contributed by atoms with van der Waals surface area (Å²) < 4.78 is 0. The van der Waals surface area contributed by atoms with E-state index in [0.717, 1.165) is 51.4 Å². The molecule has 0 aromatic rings. The van der Waals surface area contributed by atoms with E-state index in [1.807, 2.05) is 0 Å². The van der Waals surface area contributed by atoms with Crippen molar-refractivity contribution < 1.29 is 15.0 Å². The number of unbranched alkanes of at least 4 members (excludes halogenated alkanes) is 8. The van der Waals surface area contributed by atoms with E-state index in [4.69, 9.17) is 5.11 Å². The van der Waals surface area contributed by atoms with Gasteiger partial charge in [-0.2, -0.15) is 0 Å². The van der Waals surface area contributed by atoms with Crippen molar-refractivity contribution in [3.05, 3.63) is 12.2 Å². The Labute approximate surface area is 130 Å². The zero-order valence-electron chi connectivity index (χ0n) is 13.7. The van der Waals surface area contributed by atoms with Crippen molar-refractivity contribution in [1.82, 2.24) is 0 Å². The smallest absolute Gasteiger partial charge is 0.303 e. The molecule has 3 heteroatoms. The Balaban J connectivity index is 3.26. The lowest BCUT2D eigenvalue weighted by Crippen LogP contribution is -2.04. The van der Waals surface area contributed by atoms with Crippen molar-refractivity contribution in [3.63, 3.8) is 0 Å². The van der Waals surface area contributed by atoms with Crippen LogP contribution in [-0.2, 0) is 4.79 Å². The van der Waals surface area contributed by atoms with Crippen LogP contribution in [0, 0.1) is 0 Å². The standard InChI is InChI=1S/C18H34O3/c1-2-3-4-11-14-17(19)15-12-9-7-5-6-8-10-13-16-18(20)21/h9,12,17,19H,2-8,10-11,13-16H2,1H3,(H,20,21)/b12-9+/t17-/m0/s1. The molecule has 0 amide bonds. The van der Waals surface area contributed by atoms with Crippen LogP contribution in [0.2, 0.25) is 0 Å². The number of aliphatic hydroxyl groups excluding tert-OH is 1. The summed E-state index contributed by atoms with van der Waals surface area (Å²) in [7, 11) is 0. The van der Waals surface area contributed by atoms with Crippen LogP contribution in [0.4, 0.5) is 0 Å². The van der Waals surface area contributed by atoms with Crippen LogP contribution in [0.15, 0.2) is 12.2 Å². The molecule has 0 aromatic heterocycles. The molecule has 0 bridgehead atoms. The lowest BCUT2D eigenvalue weighted by Gasteiger charge is -2.07. The number of aliphatic carboxylic acids is 1. The SMILES string of the molecule is CCCCCC[C@H](O)C/C=C/CCCCCCCC(=O)O. The Hall–Kier alpha value is -0.830. The first-order chi connectivity index (χ1) is 10.2. The molecule has 1 atom stereocenters. The number of carboxylic acids is 1. The van der Waals surface area contributed by atoms with Gasteiger partial charge in [0.05, 0.1) is 6.10 Å². The van der Waals surface area contributed by atoms with Crippen LogP contribution in [-0.4, -0.2) is 22.3 Å². The fourth-order valence-corrected chi connectivity index (χ4v) is 2.36. The molecule has 0 fully saturated rings. The Bertz CT molecular complexity index is 261. The summed E-state index contributed by atoms with van der Waals surface area (Å²) in [4.78, 5) is 10.3. The van der Waals surface area contributed by atoms with E-state index in [1.165, 1.54) is 25.7 Å². The molecule has 124 valence electrons. The number of carbonyl (C=O) groups is 1. The average molecular weight is 298 g/mol. The van der Waals surface area contributed by atoms with Crippen molar-refractivity contribution in [2.75, 3.05) is 0 Å². The molecule has 0 saturated carbocycles. The Morgan fingerprint density at radius 3 is 2.33 bits per heavy atom. The van der Waals surface area contributed by atoms with Crippen LogP contribution in [0.5, 0.6) is 0 Å². The minimum atomic E-state index is -0.689. The van der Waals surface area contributed by atoms with Gasteiger partial charge in [0.2, 0.25) is 0 Å². The normalized spacial score (nSPS) is 12.9. The van der Waals surface area contributed by atoms with Gasteiger partial charge < -0.3 is 10.2 Å². The molecule has 0 unspecified atom stereocenters. The molecule has 0 heterocycles. The third kappa shape index (κ3) is 17.1. The first kappa shape index (κ1) is 20.2. The molecular weight excluding hydrogens is 264 g/mol. The van der Waals surface area contributed by atoms with Crippen LogP contribution in [0.3, 0.4) is 0 Å². The molecule has 0 aliphatic carbocycles. The molecular formula is C18H34O3. The third-order valence-electron chi connectivity index (χ3n) is 3.73. The minimum Gasteiger partial charge on any atom is -0.481 e. The average Bonchev–Trinajstić information content (AvgIpc) is 2.45. The molecule has 0 aliphatic rings. The molecule has 2 N–H and O–H groups in total. The molecule has 0 aromatic carbocycles. The predicted octanol–water partition coefficient (Wildman–Crippen LogP) is 5.08. The van der Waals surface area contributed by atoms with Gasteiger partial charge in [0.25, 0.3) is 0 Å². The Morgan fingerprint density at radius 2 is 1.62 bits per heavy atom. The second-order valence-electron chi connectivity index (χ2n) is 5.91. The summed E-state index contributed by atoms with van der Waals surface area (Å²) in [6.07, 6.45) is 17.4. The van der Waals surface area contributed by atoms with Gasteiger partial charge >= 0.3 is 5.97 Å². The molecule has 0 saturated heterocycles. The first-order valence-electron chi connectivity index (χ1n) is 8.71. The van der Waals surface area contributed by atoms with Gasteiger partial charge in [-0.1, -0.05) is 64.0 Å². The molecule has 0 radical (unpaired) electrons. The summed E-state index contributed by atoms with van der Waals surface area (Å²) in [5, 5.41) is 18.3. The highest BCUT2D eigenvalue weighted by Gasteiger charge is 2.00. The summed E-state index contributed by atoms with van der Waals surface area (Å²) in [6, 6.07) is 0. The Kier molecular flexibility index (Phi) is 14.9. The predicted molar refractivity (Wildman–Crippen MR) is 88.5 cm³/mol. The van der Waals surface area contributed by atoms with Gasteiger partial charge in [0.1, 0.15) is 0 Å². The number of allylic oxidation sites excluding steroid dienone is 1. The van der Waals surface area contributed by atoms with E-state index in [0.29, 0.717) is 6.42 Å². The van der Waals surface area contributed by atoms with Crippen LogP contribution < -0.4 is 0 Å². The highest BCUT2D eigenvalue weighted by Crippen LogP contribution is 2.10. The fourth-order valence-electron chi connectivity index (χ4n) is 2.36. The zero-order valence-corrected chi connectivity index (χ0v) is 13.7. The van der Waals surface area contributed by atoms with E-state index in [9.17, 15) is 9.90 Å². The van der Waals surface area contributed by atoms with Gasteiger partial charge in [0, 0.05) is 6.42 Å². The highest BCUT2D eigenvalue weighted by atomic mass is 16.4. The van der Waals surface area contributed by atoms with Gasteiger partial charge in [-0.15, -0.1) is 0 Å². The van der Waals surface area contributed by atoms with Gasteiger partial charge in [-0.05, 0) is 32.1 Å². The number of aliphatic hydroxyl groups is 1. The van der Waals surface area contributed by atoms with E-state index in [2.05, 4.69) is 19.1 Å². The van der Waals surface area contributed by atoms with Crippen molar-refractivity contribution in [2.24, 2.45) is 0 Å². The van der Waals surface area contributed by atoms with E-state index in [-0.39, 0.29) is 6.10 Å². The van der Waals surface area contributed by atoms with Gasteiger partial charge in [0.15, 0.2) is 0 Å². The molecule has 21 heavy (non-hydrogen) atoms.